The molecule has 2 aliphatic heterocycles. The van der Waals surface area contributed by atoms with Crippen molar-refractivity contribution in [3.8, 4) is 11.3 Å². The zero-order valence-corrected chi connectivity index (χ0v) is 26.5. The number of aromatic nitrogens is 1. The minimum absolute atomic E-state index is 0.320. The van der Waals surface area contributed by atoms with E-state index in [9.17, 15) is 13.2 Å². The lowest BCUT2D eigenvalue weighted by Crippen LogP contribution is -2.53. The molecule has 2 fully saturated rings. The number of benzene rings is 2. The van der Waals surface area contributed by atoms with Crippen molar-refractivity contribution < 1.29 is 13.2 Å². The zero-order chi connectivity index (χ0) is 30.5. The van der Waals surface area contributed by atoms with E-state index in [4.69, 9.17) is 0 Å². The van der Waals surface area contributed by atoms with Crippen LogP contribution >= 0.6 is 0 Å². The Bertz CT molecular complexity index is 1700. The summed E-state index contributed by atoms with van der Waals surface area (Å²) in [6, 6.07) is 15.0. The highest BCUT2D eigenvalue weighted by Crippen LogP contribution is 2.47. The Balaban J connectivity index is 1.52. The number of carbonyl (C=O) groups excluding carboxylic acids is 1. The third-order valence-electron chi connectivity index (χ3n) is 9.27. The highest BCUT2D eigenvalue weighted by atomic mass is 32.2. The second-order valence-electron chi connectivity index (χ2n) is 12.7. The van der Waals surface area contributed by atoms with Crippen molar-refractivity contribution in [2.24, 2.45) is 0 Å². The molecular weight excluding hydrogens is 558 g/mol. The SMILES string of the molecule is C=C(C1=Cc2ccccc2-c2c(C3CCCCC3)c3ccc(C(=O)NS(=O)(=O)N(C)C)cc3n2C1)N1CC(C)NC(C)C1. The van der Waals surface area contributed by atoms with Crippen LogP contribution in [0.4, 0.5) is 0 Å². The number of fused-ring (bicyclic) bond motifs is 5. The van der Waals surface area contributed by atoms with E-state index in [0.717, 1.165) is 52.4 Å². The Morgan fingerprint density at radius 3 is 2.42 bits per heavy atom. The number of allylic oxidation sites excluding steroid dienone is 1. The third kappa shape index (κ3) is 5.66. The van der Waals surface area contributed by atoms with Crippen LogP contribution in [-0.4, -0.2) is 67.4 Å². The van der Waals surface area contributed by atoms with E-state index in [1.54, 1.807) is 6.07 Å². The Morgan fingerprint density at radius 1 is 1.02 bits per heavy atom. The maximum Gasteiger partial charge on any atom is 0.303 e. The number of hydrogen-bond acceptors (Lipinski definition) is 5. The van der Waals surface area contributed by atoms with E-state index in [-0.39, 0.29) is 0 Å². The molecule has 2 aromatic carbocycles. The van der Waals surface area contributed by atoms with Crippen LogP contribution in [0.15, 0.2) is 60.3 Å². The first-order chi connectivity index (χ1) is 20.5. The fourth-order valence-electron chi connectivity index (χ4n) is 7.21. The monoisotopic (exact) mass is 601 g/mol. The van der Waals surface area contributed by atoms with Crippen LogP contribution in [0.5, 0.6) is 0 Å². The Morgan fingerprint density at radius 2 is 1.72 bits per heavy atom. The molecule has 2 N–H and O–H groups in total. The van der Waals surface area contributed by atoms with Crippen molar-refractivity contribution in [3.63, 3.8) is 0 Å². The van der Waals surface area contributed by atoms with E-state index in [2.05, 4.69) is 70.3 Å². The maximum absolute atomic E-state index is 13.2. The highest BCUT2D eigenvalue weighted by molar-refractivity contribution is 7.87. The first-order valence-electron chi connectivity index (χ1n) is 15.4. The second-order valence-corrected chi connectivity index (χ2v) is 14.6. The summed E-state index contributed by atoms with van der Waals surface area (Å²) in [6.45, 7) is 11.4. The summed E-state index contributed by atoms with van der Waals surface area (Å²) in [4.78, 5) is 15.6. The molecule has 228 valence electrons. The third-order valence-corrected chi connectivity index (χ3v) is 10.7. The molecule has 3 heterocycles. The molecule has 43 heavy (non-hydrogen) atoms. The van der Waals surface area contributed by atoms with Crippen LogP contribution in [0.2, 0.25) is 0 Å². The van der Waals surface area contributed by atoms with Crippen molar-refractivity contribution in [1.29, 1.82) is 0 Å². The van der Waals surface area contributed by atoms with Crippen molar-refractivity contribution in [1.82, 2.24) is 23.8 Å². The second kappa shape index (κ2) is 11.6. The van der Waals surface area contributed by atoms with Gasteiger partial charge in [0.25, 0.3) is 5.91 Å². The number of nitrogens with one attached hydrogen (secondary N) is 2. The highest BCUT2D eigenvalue weighted by Gasteiger charge is 2.31. The van der Waals surface area contributed by atoms with Gasteiger partial charge in [-0.15, -0.1) is 0 Å². The van der Waals surface area contributed by atoms with Gasteiger partial charge in [-0.2, -0.15) is 12.7 Å². The number of carbonyl (C=O) groups is 1. The summed E-state index contributed by atoms with van der Waals surface area (Å²) >= 11 is 0. The molecule has 8 nitrogen and oxygen atoms in total. The minimum Gasteiger partial charge on any atom is -0.369 e. The number of nitrogens with zero attached hydrogens (tertiary/aromatic N) is 3. The van der Waals surface area contributed by atoms with E-state index in [0.29, 0.717) is 30.1 Å². The molecule has 3 aliphatic rings. The molecule has 1 aliphatic carbocycles. The topological polar surface area (TPSA) is 86.7 Å². The summed E-state index contributed by atoms with van der Waals surface area (Å²) in [5, 5.41) is 4.76. The van der Waals surface area contributed by atoms with Crippen molar-refractivity contribution >= 4 is 33.1 Å². The van der Waals surface area contributed by atoms with Crippen LogP contribution in [0.1, 0.15) is 73.4 Å². The summed E-state index contributed by atoms with van der Waals surface area (Å²) in [5.74, 6) is -0.211. The minimum atomic E-state index is -3.92. The van der Waals surface area contributed by atoms with Gasteiger partial charge in [-0.3, -0.25) is 4.79 Å². The van der Waals surface area contributed by atoms with Crippen LogP contribution in [0, 0.1) is 0 Å². The molecule has 0 radical (unpaired) electrons. The average Bonchev–Trinajstić information content (AvgIpc) is 3.18. The average molecular weight is 602 g/mol. The zero-order valence-electron chi connectivity index (χ0n) is 25.7. The van der Waals surface area contributed by atoms with Crippen LogP contribution in [0.3, 0.4) is 0 Å². The molecule has 3 aromatic rings. The van der Waals surface area contributed by atoms with Crippen molar-refractivity contribution in [2.45, 2.75) is 70.5 Å². The summed E-state index contributed by atoms with van der Waals surface area (Å²) < 4.78 is 30.5. The lowest BCUT2D eigenvalue weighted by Gasteiger charge is -2.39. The van der Waals surface area contributed by atoms with Crippen LogP contribution in [-0.2, 0) is 16.8 Å². The maximum atomic E-state index is 13.2. The molecule has 9 heteroatoms. The number of piperazine rings is 1. The summed E-state index contributed by atoms with van der Waals surface area (Å²) in [5.41, 5.74) is 8.34. The van der Waals surface area contributed by atoms with Crippen molar-refractivity contribution in [3.05, 3.63) is 77.0 Å². The van der Waals surface area contributed by atoms with E-state index < -0.39 is 16.1 Å². The largest absolute Gasteiger partial charge is 0.369 e. The van der Waals surface area contributed by atoms with Crippen molar-refractivity contribution in [2.75, 3.05) is 27.2 Å². The van der Waals surface area contributed by atoms with Gasteiger partial charge in [-0.25, -0.2) is 4.72 Å². The van der Waals surface area contributed by atoms with Gasteiger partial charge < -0.3 is 14.8 Å². The lowest BCUT2D eigenvalue weighted by atomic mass is 9.81. The quantitative estimate of drug-likeness (QED) is 0.391. The molecule has 1 saturated heterocycles. The van der Waals surface area contributed by atoms with Gasteiger partial charge in [0, 0.05) is 67.0 Å². The molecule has 1 saturated carbocycles. The van der Waals surface area contributed by atoms with Gasteiger partial charge in [0.2, 0.25) is 0 Å². The smallest absolute Gasteiger partial charge is 0.303 e. The standard InChI is InChI=1S/C34H43N5O3S/c1-22-19-38(20-23(2)35-22)24(3)28-17-26-13-9-10-14-29(26)33-32(25-11-7-6-8-12-25)30-16-15-27(18-31(30)39(33)21-28)34(40)36-43(41,42)37(4)5/h9-10,13-18,22-23,25,35H,3,6-8,11-12,19-21H2,1-2,4-5H3,(H,36,40). The Labute approximate surface area is 255 Å². The molecule has 0 bridgehead atoms. The van der Waals surface area contributed by atoms with Gasteiger partial charge in [-0.1, -0.05) is 56.2 Å². The van der Waals surface area contributed by atoms with Gasteiger partial charge >= 0.3 is 10.2 Å². The van der Waals surface area contributed by atoms with Gasteiger partial charge in [0.1, 0.15) is 0 Å². The Hall–Kier alpha value is -3.40. The van der Waals surface area contributed by atoms with Crippen LogP contribution < -0.4 is 10.0 Å². The van der Waals surface area contributed by atoms with Gasteiger partial charge in [0.15, 0.2) is 0 Å². The number of amides is 1. The van der Waals surface area contributed by atoms with Gasteiger partial charge in [-0.05, 0) is 67.5 Å². The molecule has 2 atom stereocenters. The number of hydrogen-bond donors (Lipinski definition) is 2. The lowest BCUT2D eigenvalue weighted by molar-refractivity contribution is 0.0980. The molecule has 1 amide bonds. The normalized spacial score (nSPS) is 21.2. The molecular formula is C34H43N5O3S. The first-order valence-corrected chi connectivity index (χ1v) is 16.9. The summed E-state index contributed by atoms with van der Waals surface area (Å²) in [6.07, 6.45) is 8.25. The summed E-state index contributed by atoms with van der Waals surface area (Å²) in [7, 11) is -1.11. The predicted molar refractivity (Wildman–Crippen MR) is 174 cm³/mol. The molecule has 0 spiro atoms. The molecule has 6 rings (SSSR count). The van der Waals surface area contributed by atoms with Crippen LogP contribution in [0.25, 0.3) is 28.2 Å². The fraction of sp³-hybridized carbons (Fsp3) is 0.441. The predicted octanol–water partition coefficient (Wildman–Crippen LogP) is 5.49. The van der Waals surface area contributed by atoms with E-state index >= 15 is 0 Å². The Kier molecular flexibility index (Phi) is 8.00. The number of rotatable bonds is 6. The first kappa shape index (κ1) is 29.7. The molecule has 2 unspecified atom stereocenters. The fourth-order valence-corrected chi connectivity index (χ4v) is 7.75. The van der Waals surface area contributed by atoms with Gasteiger partial charge in [0.05, 0.1) is 12.2 Å². The molecule has 1 aromatic heterocycles. The van der Waals surface area contributed by atoms with E-state index in [1.807, 2.05) is 12.1 Å². The van der Waals surface area contributed by atoms with E-state index in [1.165, 1.54) is 55.7 Å².